The number of hydrogen-bond acceptors (Lipinski definition) is 4. The zero-order chi connectivity index (χ0) is 22.4. The number of hydrogen-bond donors (Lipinski definition) is 2. The van der Waals surface area contributed by atoms with Gasteiger partial charge in [0, 0.05) is 6.08 Å². The SMILES string of the molecule is CCCOc1ccc(C(F)(F)F)cc1NC(=O)/C=C/c1ccc(S(=O)(=O)NC)cc1. The molecule has 6 nitrogen and oxygen atoms in total. The number of sulfonamides is 1. The number of amides is 1. The summed E-state index contributed by atoms with van der Waals surface area (Å²) in [4.78, 5) is 12.3. The molecule has 2 aromatic carbocycles. The second kappa shape index (κ2) is 9.77. The van der Waals surface area contributed by atoms with Gasteiger partial charge < -0.3 is 10.1 Å². The number of ether oxygens (including phenoxy) is 1. The van der Waals surface area contributed by atoms with Gasteiger partial charge in [-0.05, 0) is 55.4 Å². The van der Waals surface area contributed by atoms with Gasteiger partial charge in [-0.1, -0.05) is 19.1 Å². The zero-order valence-corrected chi connectivity index (χ0v) is 17.1. The van der Waals surface area contributed by atoms with Crippen molar-refractivity contribution in [1.29, 1.82) is 0 Å². The summed E-state index contributed by atoms with van der Waals surface area (Å²) in [5.74, 6) is -0.532. The van der Waals surface area contributed by atoms with Gasteiger partial charge in [0.1, 0.15) is 5.75 Å². The molecular formula is C20H21F3N2O4S. The molecule has 0 bridgehead atoms. The van der Waals surface area contributed by atoms with E-state index in [-0.39, 0.29) is 22.9 Å². The summed E-state index contributed by atoms with van der Waals surface area (Å²) in [6.07, 6.45) is -1.38. The summed E-state index contributed by atoms with van der Waals surface area (Å²) in [6, 6.07) is 8.59. The van der Waals surface area contributed by atoms with E-state index in [1.807, 2.05) is 6.92 Å². The van der Waals surface area contributed by atoms with Crippen molar-refractivity contribution in [3.8, 4) is 5.75 Å². The maximum absolute atomic E-state index is 13.0. The molecule has 0 saturated heterocycles. The molecule has 0 aliphatic carbocycles. The molecule has 0 spiro atoms. The molecular weight excluding hydrogens is 421 g/mol. The topological polar surface area (TPSA) is 84.5 Å². The van der Waals surface area contributed by atoms with Crippen molar-refractivity contribution in [3.05, 3.63) is 59.7 Å². The molecule has 2 N–H and O–H groups in total. The molecule has 0 radical (unpaired) electrons. The summed E-state index contributed by atoms with van der Waals surface area (Å²) >= 11 is 0. The number of anilines is 1. The highest BCUT2D eigenvalue weighted by molar-refractivity contribution is 7.89. The van der Waals surface area contributed by atoms with Crippen molar-refractivity contribution in [2.75, 3.05) is 19.0 Å². The van der Waals surface area contributed by atoms with Crippen molar-refractivity contribution in [2.24, 2.45) is 0 Å². The quantitative estimate of drug-likeness (QED) is 0.604. The van der Waals surface area contributed by atoms with Crippen LogP contribution in [0.4, 0.5) is 18.9 Å². The Hall–Kier alpha value is -2.85. The molecule has 0 aliphatic rings. The van der Waals surface area contributed by atoms with Crippen LogP contribution in [-0.4, -0.2) is 28.0 Å². The third kappa shape index (κ3) is 6.33. The molecule has 0 atom stereocenters. The Morgan fingerprint density at radius 1 is 1.13 bits per heavy atom. The summed E-state index contributed by atoms with van der Waals surface area (Å²) in [5, 5.41) is 2.39. The fraction of sp³-hybridized carbons (Fsp3) is 0.250. The van der Waals surface area contributed by atoms with Gasteiger partial charge in [0.15, 0.2) is 0 Å². The highest BCUT2D eigenvalue weighted by Gasteiger charge is 2.31. The molecule has 0 saturated carbocycles. The highest BCUT2D eigenvalue weighted by Crippen LogP contribution is 2.35. The first kappa shape index (κ1) is 23.4. The lowest BCUT2D eigenvalue weighted by Crippen LogP contribution is -2.18. The smallest absolute Gasteiger partial charge is 0.416 e. The van der Waals surface area contributed by atoms with E-state index in [0.717, 1.165) is 18.2 Å². The lowest BCUT2D eigenvalue weighted by atomic mass is 10.1. The minimum atomic E-state index is -4.56. The molecule has 1 amide bonds. The van der Waals surface area contributed by atoms with Crippen molar-refractivity contribution in [1.82, 2.24) is 4.72 Å². The van der Waals surface area contributed by atoms with E-state index < -0.39 is 27.7 Å². The van der Waals surface area contributed by atoms with Crippen LogP contribution in [0.1, 0.15) is 24.5 Å². The van der Waals surface area contributed by atoms with Crippen LogP contribution in [-0.2, 0) is 21.0 Å². The zero-order valence-electron chi connectivity index (χ0n) is 16.3. The Balaban J connectivity index is 2.18. The maximum Gasteiger partial charge on any atom is 0.416 e. The number of alkyl halides is 3. The number of benzene rings is 2. The predicted molar refractivity (Wildman–Crippen MR) is 108 cm³/mol. The van der Waals surface area contributed by atoms with Gasteiger partial charge in [0.25, 0.3) is 0 Å². The van der Waals surface area contributed by atoms with E-state index in [0.29, 0.717) is 12.0 Å². The fourth-order valence-corrected chi connectivity index (χ4v) is 3.09. The predicted octanol–water partition coefficient (Wildman–Crippen LogP) is 4.05. The van der Waals surface area contributed by atoms with E-state index in [1.165, 1.54) is 43.5 Å². The van der Waals surface area contributed by atoms with Gasteiger partial charge in [0.05, 0.1) is 22.8 Å². The number of carbonyl (C=O) groups is 1. The van der Waals surface area contributed by atoms with Crippen LogP contribution in [0, 0.1) is 0 Å². The third-order valence-electron chi connectivity index (χ3n) is 3.91. The van der Waals surface area contributed by atoms with E-state index in [9.17, 15) is 26.4 Å². The fourth-order valence-electron chi connectivity index (χ4n) is 2.36. The van der Waals surface area contributed by atoms with E-state index in [2.05, 4.69) is 10.0 Å². The van der Waals surface area contributed by atoms with E-state index in [4.69, 9.17) is 4.74 Å². The Morgan fingerprint density at radius 2 is 1.80 bits per heavy atom. The Labute approximate surface area is 172 Å². The molecule has 10 heteroatoms. The Bertz CT molecular complexity index is 1020. The van der Waals surface area contributed by atoms with Crippen LogP contribution >= 0.6 is 0 Å². The standard InChI is InChI=1S/C20H21F3N2O4S/c1-3-12-29-18-10-7-15(20(21,22)23)13-17(18)25-19(26)11-6-14-4-8-16(9-5-14)30(27,28)24-2/h4-11,13,24H,3,12H2,1-2H3,(H,25,26)/b11-6+. The van der Waals surface area contributed by atoms with Crippen LogP contribution in [0.15, 0.2) is 53.4 Å². The van der Waals surface area contributed by atoms with Crippen molar-refractivity contribution in [2.45, 2.75) is 24.4 Å². The summed E-state index contributed by atoms with van der Waals surface area (Å²) in [6.45, 7) is 2.13. The van der Waals surface area contributed by atoms with Crippen LogP contribution in [0.25, 0.3) is 6.08 Å². The lowest BCUT2D eigenvalue weighted by Gasteiger charge is -2.14. The molecule has 0 fully saturated rings. The monoisotopic (exact) mass is 442 g/mol. The summed E-state index contributed by atoms with van der Waals surface area (Å²) in [5.41, 5.74) is -0.470. The molecule has 0 heterocycles. The summed E-state index contributed by atoms with van der Waals surface area (Å²) in [7, 11) is -2.28. The number of nitrogens with one attached hydrogen (secondary N) is 2. The van der Waals surface area contributed by atoms with Crippen molar-refractivity contribution in [3.63, 3.8) is 0 Å². The van der Waals surface area contributed by atoms with Gasteiger partial charge >= 0.3 is 6.18 Å². The Kier molecular flexibility index (Phi) is 7.63. The van der Waals surface area contributed by atoms with E-state index in [1.54, 1.807) is 0 Å². The second-order valence-electron chi connectivity index (χ2n) is 6.16. The number of carbonyl (C=O) groups excluding carboxylic acids is 1. The minimum Gasteiger partial charge on any atom is -0.491 e. The van der Waals surface area contributed by atoms with Gasteiger partial charge in [-0.25, -0.2) is 13.1 Å². The van der Waals surface area contributed by atoms with Gasteiger partial charge in [0.2, 0.25) is 15.9 Å². The number of rotatable bonds is 8. The van der Waals surface area contributed by atoms with Crippen molar-refractivity contribution >= 4 is 27.7 Å². The Morgan fingerprint density at radius 3 is 2.37 bits per heavy atom. The highest BCUT2D eigenvalue weighted by atomic mass is 32.2. The average molecular weight is 442 g/mol. The molecule has 162 valence electrons. The molecule has 2 aromatic rings. The minimum absolute atomic E-state index is 0.0632. The van der Waals surface area contributed by atoms with E-state index >= 15 is 0 Å². The number of halogens is 3. The molecule has 2 rings (SSSR count). The lowest BCUT2D eigenvalue weighted by molar-refractivity contribution is -0.137. The van der Waals surface area contributed by atoms with Crippen LogP contribution in [0.2, 0.25) is 0 Å². The van der Waals surface area contributed by atoms with Crippen molar-refractivity contribution < 1.29 is 31.1 Å². The largest absolute Gasteiger partial charge is 0.491 e. The third-order valence-corrected chi connectivity index (χ3v) is 5.34. The summed E-state index contributed by atoms with van der Waals surface area (Å²) < 4.78 is 70.0. The van der Waals surface area contributed by atoms with Gasteiger partial charge in [-0.15, -0.1) is 0 Å². The maximum atomic E-state index is 13.0. The average Bonchev–Trinajstić information content (AvgIpc) is 2.71. The molecule has 0 aliphatic heterocycles. The van der Waals surface area contributed by atoms with Crippen LogP contribution in [0.3, 0.4) is 0 Å². The van der Waals surface area contributed by atoms with Crippen LogP contribution < -0.4 is 14.8 Å². The molecule has 30 heavy (non-hydrogen) atoms. The van der Waals surface area contributed by atoms with Crippen LogP contribution in [0.5, 0.6) is 5.75 Å². The second-order valence-corrected chi connectivity index (χ2v) is 8.04. The first-order valence-corrected chi connectivity index (χ1v) is 10.4. The molecule has 0 unspecified atom stereocenters. The normalized spacial score (nSPS) is 12.2. The molecule has 0 aromatic heterocycles. The first-order valence-electron chi connectivity index (χ1n) is 8.93. The first-order chi connectivity index (χ1) is 14.1. The van der Waals surface area contributed by atoms with Gasteiger partial charge in [-0.3, -0.25) is 4.79 Å². The van der Waals surface area contributed by atoms with Gasteiger partial charge in [-0.2, -0.15) is 13.2 Å².